The Kier molecular flexibility index (Phi) is 2.79. The van der Waals surface area contributed by atoms with Crippen LogP contribution in [-0.4, -0.2) is 47.6 Å². The summed E-state index contributed by atoms with van der Waals surface area (Å²) in [5, 5.41) is 0. The smallest absolute Gasteiger partial charge is 0.0351 e. The molecule has 0 atom stereocenters. The molecule has 0 aromatic rings. The summed E-state index contributed by atoms with van der Waals surface area (Å²) in [5.74, 6) is 0. The second-order valence-corrected chi connectivity index (χ2v) is 7.70. The van der Waals surface area contributed by atoms with Gasteiger partial charge in [-0.25, -0.2) is 0 Å². The molecule has 3 rings (SSSR count). The molecule has 2 nitrogen and oxygen atoms in total. The SMILES string of the molecule is CC(C)(C)N1CC(N2CC3(CCCCC3)C2)C1. The molecule has 1 spiro atoms. The average Bonchev–Trinajstić information content (AvgIpc) is 2.12. The summed E-state index contributed by atoms with van der Waals surface area (Å²) >= 11 is 0. The highest BCUT2D eigenvalue weighted by Crippen LogP contribution is 2.45. The summed E-state index contributed by atoms with van der Waals surface area (Å²) in [6, 6.07) is 0.877. The fourth-order valence-corrected chi connectivity index (χ4v) is 3.93. The third kappa shape index (κ3) is 2.15. The minimum absolute atomic E-state index is 0.379. The van der Waals surface area contributed by atoms with Crippen molar-refractivity contribution in [1.29, 1.82) is 0 Å². The molecule has 3 fully saturated rings. The lowest BCUT2D eigenvalue weighted by atomic mass is 9.68. The Morgan fingerprint density at radius 1 is 0.941 bits per heavy atom. The molecule has 2 aliphatic heterocycles. The Morgan fingerprint density at radius 3 is 2.06 bits per heavy atom. The van der Waals surface area contributed by atoms with Gasteiger partial charge in [-0.15, -0.1) is 0 Å². The molecule has 1 aliphatic carbocycles. The molecule has 0 radical (unpaired) electrons. The molecule has 17 heavy (non-hydrogen) atoms. The van der Waals surface area contributed by atoms with Crippen LogP contribution in [0.3, 0.4) is 0 Å². The van der Waals surface area contributed by atoms with Gasteiger partial charge in [0.25, 0.3) is 0 Å². The fraction of sp³-hybridized carbons (Fsp3) is 1.00. The van der Waals surface area contributed by atoms with Crippen LogP contribution in [0.2, 0.25) is 0 Å². The quantitative estimate of drug-likeness (QED) is 0.691. The monoisotopic (exact) mass is 236 g/mol. The summed E-state index contributed by atoms with van der Waals surface area (Å²) < 4.78 is 0. The van der Waals surface area contributed by atoms with E-state index in [1.165, 1.54) is 58.3 Å². The van der Waals surface area contributed by atoms with Crippen LogP contribution in [0.1, 0.15) is 52.9 Å². The molecule has 98 valence electrons. The van der Waals surface area contributed by atoms with E-state index in [1.54, 1.807) is 0 Å². The molecular formula is C15H28N2. The van der Waals surface area contributed by atoms with Crippen LogP contribution in [0.25, 0.3) is 0 Å². The van der Waals surface area contributed by atoms with E-state index < -0.39 is 0 Å². The third-order valence-electron chi connectivity index (χ3n) is 5.32. The zero-order valence-corrected chi connectivity index (χ0v) is 11.8. The van der Waals surface area contributed by atoms with Crippen molar-refractivity contribution in [3.05, 3.63) is 0 Å². The van der Waals surface area contributed by atoms with Gasteiger partial charge in [0.1, 0.15) is 0 Å². The Morgan fingerprint density at radius 2 is 1.53 bits per heavy atom. The Labute approximate surface area is 106 Å². The van der Waals surface area contributed by atoms with Gasteiger partial charge in [0.2, 0.25) is 0 Å². The molecule has 3 aliphatic rings. The van der Waals surface area contributed by atoms with Gasteiger partial charge >= 0.3 is 0 Å². The largest absolute Gasteiger partial charge is 0.297 e. The minimum Gasteiger partial charge on any atom is -0.297 e. The van der Waals surface area contributed by atoms with Gasteiger partial charge in [0.05, 0.1) is 0 Å². The van der Waals surface area contributed by atoms with E-state index in [0.29, 0.717) is 5.54 Å². The Hall–Kier alpha value is -0.0800. The van der Waals surface area contributed by atoms with Gasteiger partial charge < -0.3 is 0 Å². The van der Waals surface area contributed by atoms with E-state index >= 15 is 0 Å². The van der Waals surface area contributed by atoms with Gasteiger partial charge in [-0.05, 0) is 39.0 Å². The first-order chi connectivity index (χ1) is 7.99. The maximum absolute atomic E-state index is 2.76. The van der Waals surface area contributed by atoms with E-state index in [0.717, 1.165) is 11.5 Å². The lowest BCUT2D eigenvalue weighted by molar-refractivity contribution is -0.112. The molecule has 2 heteroatoms. The zero-order chi connectivity index (χ0) is 12.1. The maximum atomic E-state index is 2.76. The van der Waals surface area contributed by atoms with Crippen molar-refractivity contribution in [1.82, 2.24) is 9.80 Å². The Bertz CT molecular complexity index is 272. The average molecular weight is 236 g/mol. The Balaban J connectivity index is 1.45. The van der Waals surface area contributed by atoms with Crippen LogP contribution in [-0.2, 0) is 0 Å². The van der Waals surface area contributed by atoms with Crippen molar-refractivity contribution in [2.24, 2.45) is 5.41 Å². The summed E-state index contributed by atoms with van der Waals surface area (Å²) in [6.45, 7) is 12.4. The van der Waals surface area contributed by atoms with Crippen LogP contribution in [0.15, 0.2) is 0 Å². The van der Waals surface area contributed by atoms with Gasteiger partial charge in [0.15, 0.2) is 0 Å². The summed E-state index contributed by atoms with van der Waals surface area (Å²) in [5.41, 5.74) is 1.14. The molecule has 2 saturated heterocycles. The van der Waals surface area contributed by atoms with E-state index in [9.17, 15) is 0 Å². The molecule has 0 bridgehead atoms. The van der Waals surface area contributed by atoms with Crippen LogP contribution >= 0.6 is 0 Å². The van der Waals surface area contributed by atoms with Crippen LogP contribution in [0.5, 0.6) is 0 Å². The number of hydrogen-bond acceptors (Lipinski definition) is 2. The second kappa shape index (κ2) is 3.96. The van der Waals surface area contributed by atoms with E-state index in [4.69, 9.17) is 0 Å². The summed E-state index contributed by atoms with van der Waals surface area (Å²) in [4.78, 5) is 5.37. The molecule has 0 aromatic carbocycles. The van der Waals surface area contributed by atoms with Crippen molar-refractivity contribution in [2.45, 2.75) is 64.5 Å². The number of nitrogens with zero attached hydrogens (tertiary/aromatic N) is 2. The number of hydrogen-bond donors (Lipinski definition) is 0. The maximum Gasteiger partial charge on any atom is 0.0351 e. The topological polar surface area (TPSA) is 6.48 Å². The lowest BCUT2D eigenvalue weighted by Crippen LogP contribution is -2.71. The highest BCUT2D eigenvalue weighted by molar-refractivity contribution is 5.03. The van der Waals surface area contributed by atoms with Crippen molar-refractivity contribution in [3.8, 4) is 0 Å². The van der Waals surface area contributed by atoms with Crippen molar-refractivity contribution >= 4 is 0 Å². The molecule has 0 amide bonds. The molecular weight excluding hydrogens is 208 g/mol. The van der Waals surface area contributed by atoms with Gasteiger partial charge in [-0.1, -0.05) is 19.3 Å². The first-order valence-corrected chi connectivity index (χ1v) is 7.48. The molecule has 0 aromatic heterocycles. The van der Waals surface area contributed by atoms with Crippen LogP contribution in [0, 0.1) is 5.41 Å². The van der Waals surface area contributed by atoms with Crippen molar-refractivity contribution in [2.75, 3.05) is 26.2 Å². The first kappa shape index (κ1) is 12.0. The highest BCUT2D eigenvalue weighted by atomic mass is 15.4. The predicted octanol–water partition coefficient (Wildman–Crippen LogP) is 2.74. The molecule has 0 unspecified atom stereocenters. The normalized spacial score (nSPS) is 31.2. The van der Waals surface area contributed by atoms with Crippen molar-refractivity contribution in [3.63, 3.8) is 0 Å². The number of likely N-dealkylation sites (tertiary alicyclic amines) is 2. The van der Waals surface area contributed by atoms with E-state index in [2.05, 4.69) is 30.6 Å². The number of rotatable bonds is 1. The third-order valence-corrected chi connectivity index (χ3v) is 5.32. The minimum atomic E-state index is 0.379. The zero-order valence-electron chi connectivity index (χ0n) is 11.8. The van der Waals surface area contributed by atoms with Gasteiger partial charge in [-0.2, -0.15) is 0 Å². The first-order valence-electron chi connectivity index (χ1n) is 7.48. The summed E-state index contributed by atoms with van der Waals surface area (Å²) in [6.07, 6.45) is 7.50. The standard InChI is InChI=1S/C15H28N2/c1-14(2,3)17-9-13(10-17)16-11-15(12-16)7-5-4-6-8-15/h13H,4-12H2,1-3H3. The van der Waals surface area contributed by atoms with Gasteiger partial charge in [-0.3, -0.25) is 9.80 Å². The second-order valence-electron chi connectivity index (χ2n) is 7.70. The highest BCUT2D eigenvalue weighted by Gasteiger charge is 2.49. The van der Waals surface area contributed by atoms with Gasteiger partial charge in [0, 0.05) is 37.8 Å². The predicted molar refractivity (Wildman–Crippen MR) is 72.2 cm³/mol. The molecule has 0 N–H and O–H groups in total. The lowest BCUT2D eigenvalue weighted by Gasteiger charge is -2.60. The fourth-order valence-electron chi connectivity index (χ4n) is 3.93. The molecule has 1 saturated carbocycles. The van der Waals surface area contributed by atoms with E-state index in [1.807, 2.05) is 0 Å². The van der Waals surface area contributed by atoms with Crippen LogP contribution in [0.4, 0.5) is 0 Å². The van der Waals surface area contributed by atoms with Crippen molar-refractivity contribution < 1.29 is 0 Å². The van der Waals surface area contributed by atoms with E-state index in [-0.39, 0.29) is 0 Å². The summed E-state index contributed by atoms with van der Waals surface area (Å²) in [7, 11) is 0. The van der Waals surface area contributed by atoms with Crippen LogP contribution < -0.4 is 0 Å². The molecule has 2 heterocycles.